The molecule has 0 radical (unpaired) electrons. The van der Waals surface area contributed by atoms with Crippen molar-refractivity contribution in [1.82, 2.24) is 0 Å². The Hall–Kier alpha value is -1.24. The molecule has 0 aliphatic heterocycles. The molecule has 0 spiro atoms. The Kier molecular flexibility index (Phi) is 9.77. The second-order valence-electron chi connectivity index (χ2n) is 7.65. The first kappa shape index (κ1) is 20.1. The molecule has 2 rings (SSSR count). The topological polar surface area (TPSA) is 9.23 Å². The van der Waals surface area contributed by atoms with Gasteiger partial charge >= 0.3 is 0 Å². The van der Waals surface area contributed by atoms with Gasteiger partial charge in [-0.05, 0) is 54.9 Å². The van der Waals surface area contributed by atoms with Gasteiger partial charge in [0.2, 0.25) is 0 Å². The first-order valence-electron chi connectivity index (χ1n) is 10.8. The largest absolute Gasteiger partial charge is 0.494 e. The predicted octanol–water partition coefficient (Wildman–Crippen LogP) is 7.80. The van der Waals surface area contributed by atoms with Crippen molar-refractivity contribution in [3.8, 4) is 5.75 Å². The lowest BCUT2D eigenvalue weighted by Crippen LogP contribution is -2.05. The van der Waals surface area contributed by atoms with E-state index < -0.39 is 0 Å². The molecule has 0 saturated carbocycles. The molecule has 0 amide bonds. The zero-order valence-electron chi connectivity index (χ0n) is 16.6. The Morgan fingerprint density at radius 1 is 0.880 bits per heavy atom. The zero-order chi connectivity index (χ0) is 17.7. The second-order valence-corrected chi connectivity index (χ2v) is 7.65. The zero-order valence-corrected chi connectivity index (χ0v) is 16.6. The highest BCUT2D eigenvalue weighted by atomic mass is 16.5. The van der Waals surface area contributed by atoms with Gasteiger partial charge in [0, 0.05) is 0 Å². The molecule has 1 heteroatoms. The van der Waals surface area contributed by atoms with E-state index in [1.165, 1.54) is 82.6 Å². The van der Waals surface area contributed by atoms with Gasteiger partial charge in [0.25, 0.3) is 0 Å². The summed E-state index contributed by atoms with van der Waals surface area (Å²) in [6.45, 7) is 5.38. The van der Waals surface area contributed by atoms with Crippen LogP contribution in [0.15, 0.2) is 30.3 Å². The van der Waals surface area contributed by atoms with Crippen LogP contribution < -0.4 is 4.74 Å². The highest BCUT2D eigenvalue weighted by Crippen LogP contribution is 2.33. The van der Waals surface area contributed by atoms with Gasteiger partial charge in [-0.25, -0.2) is 0 Å². The number of hydrogen-bond acceptors (Lipinski definition) is 1. The molecule has 1 unspecified atom stereocenters. The van der Waals surface area contributed by atoms with Crippen LogP contribution in [-0.4, -0.2) is 6.61 Å². The first-order valence-corrected chi connectivity index (χ1v) is 10.8. The summed E-state index contributed by atoms with van der Waals surface area (Å²) in [6, 6.07) is 8.78. The molecule has 140 valence electrons. The predicted molar refractivity (Wildman–Crippen MR) is 110 cm³/mol. The summed E-state index contributed by atoms with van der Waals surface area (Å²) in [5.74, 6) is 1.94. The van der Waals surface area contributed by atoms with E-state index in [9.17, 15) is 0 Å². The van der Waals surface area contributed by atoms with Gasteiger partial charge in [0.15, 0.2) is 0 Å². The van der Waals surface area contributed by atoms with E-state index in [-0.39, 0.29) is 0 Å². The highest BCUT2D eigenvalue weighted by molar-refractivity contribution is 5.66. The third-order valence-corrected chi connectivity index (χ3v) is 5.48. The van der Waals surface area contributed by atoms with Crippen LogP contribution in [0.2, 0.25) is 0 Å². The molecule has 1 aromatic rings. The smallest absolute Gasteiger partial charge is 0.119 e. The average Bonchev–Trinajstić information content (AvgIpc) is 2.66. The van der Waals surface area contributed by atoms with Crippen LogP contribution in [0.25, 0.3) is 5.57 Å². The maximum absolute atomic E-state index is 5.86. The molecule has 1 atom stereocenters. The lowest BCUT2D eigenvalue weighted by atomic mass is 9.84. The van der Waals surface area contributed by atoms with Crippen LogP contribution in [0.3, 0.4) is 0 Å². The summed E-state index contributed by atoms with van der Waals surface area (Å²) in [4.78, 5) is 0. The maximum atomic E-state index is 5.86. The molecule has 1 aliphatic carbocycles. The van der Waals surface area contributed by atoms with Gasteiger partial charge < -0.3 is 4.74 Å². The van der Waals surface area contributed by atoms with E-state index in [1.54, 1.807) is 5.57 Å². The van der Waals surface area contributed by atoms with Gasteiger partial charge in [-0.3, -0.25) is 0 Å². The van der Waals surface area contributed by atoms with Gasteiger partial charge in [-0.1, -0.05) is 83.4 Å². The molecule has 0 N–H and O–H groups in total. The van der Waals surface area contributed by atoms with E-state index in [4.69, 9.17) is 4.74 Å². The van der Waals surface area contributed by atoms with Crippen molar-refractivity contribution in [3.63, 3.8) is 0 Å². The normalized spacial score (nSPS) is 17.4. The van der Waals surface area contributed by atoms with Crippen molar-refractivity contribution < 1.29 is 4.74 Å². The van der Waals surface area contributed by atoms with Crippen LogP contribution in [0.5, 0.6) is 5.75 Å². The lowest BCUT2D eigenvalue weighted by Gasteiger charge is -2.22. The number of allylic oxidation sites excluding steroid dienone is 2. The van der Waals surface area contributed by atoms with Crippen molar-refractivity contribution in [2.75, 3.05) is 6.61 Å². The maximum Gasteiger partial charge on any atom is 0.119 e. The van der Waals surface area contributed by atoms with Crippen molar-refractivity contribution in [1.29, 1.82) is 0 Å². The van der Waals surface area contributed by atoms with Crippen LogP contribution in [0, 0.1) is 5.92 Å². The van der Waals surface area contributed by atoms with Gasteiger partial charge in [0.1, 0.15) is 5.75 Å². The Bertz CT molecular complexity index is 485. The molecule has 0 saturated heterocycles. The fraction of sp³-hybridized carbons (Fsp3) is 0.667. The minimum atomic E-state index is 0.849. The third kappa shape index (κ3) is 7.67. The molecule has 25 heavy (non-hydrogen) atoms. The van der Waals surface area contributed by atoms with Gasteiger partial charge in [-0.15, -0.1) is 0 Å². The van der Waals surface area contributed by atoms with E-state index in [0.717, 1.165) is 18.3 Å². The van der Waals surface area contributed by atoms with Crippen molar-refractivity contribution in [2.24, 2.45) is 5.92 Å². The Morgan fingerprint density at radius 3 is 2.24 bits per heavy atom. The van der Waals surface area contributed by atoms with E-state index in [1.807, 2.05) is 0 Å². The number of ether oxygens (including phenoxy) is 1. The molecule has 1 nitrogen and oxygen atoms in total. The van der Waals surface area contributed by atoms with E-state index >= 15 is 0 Å². The van der Waals surface area contributed by atoms with Crippen LogP contribution >= 0.6 is 0 Å². The van der Waals surface area contributed by atoms with Crippen LogP contribution in [-0.2, 0) is 0 Å². The summed E-state index contributed by atoms with van der Waals surface area (Å²) < 4.78 is 5.86. The van der Waals surface area contributed by atoms with Gasteiger partial charge in [-0.2, -0.15) is 0 Å². The van der Waals surface area contributed by atoms with Crippen molar-refractivity contribution >= 4 is 5.57 Å². The highest BCUT2D eigenvalue weighted by Gasteiger charge is 2.15. The second kappa shape index (κ2) is 12.2. The Morgan fingerprint density at radius 2 is 1.60 bits per heavy atom. The van der Waals surface area contributed by atoms with Crippen molar-refractivity contribution in [3.05, 3.63) is 35.9 Å². The summed E-state index contributed by atoms with van der Waals surface area (Å²) in [5, 5.41) is 0. The number of rotatable bonds is 12. The average molecular weight is 343 g/mol. The number of benzene rings is 1. The molecule has 1 aliphatic rings. The van der Waals surface area contributed by atoms with E-state index in [0.29, 0.717) is 0 Å². The SMILES string of the molecule is CCCCCCOc1ccc(C2=CCC(CCCCCC)CC2)cc1. The Balaban J connectivity index is 1.72. The minimum absolute atomic E-state index is 0.849. The standard InChI is InChI=1S/C24H38O/c1-3-5-7-9-11-21-12-14-22(15-13-21)23-16-18-24(19-17-23)25-20-10-8-6-4-2/h14,16-19,21H,3-13,15,20H2,1-2H3. The van der Waals surface area contributed by atoms with Crippen LogP contribution in [0.1, 0.15) is 96.5 Å². The fourth-order valence-electron chi connectivity index (χ4n) is 3.76. The molecular weight excluding hydrogens is 304 g/mol. The third-order valence-electron chi connectivity index (χ3n) is 5.48. The summed E-state index contributed by atoms with van der Waals surface area (Å²) >= 11 is 0. The fourth-order valence-corrected chi connectivity index (χ4v) is 3.76. The monoisotopic (exact) mass is 342 g/mol. The first-order chi connectivity index (χ1) is 12.3. The van der Waals surface area contributed by atoms with Gasteiger partial charge in [0.05, 0.1) is 6.61 Å². The van der Waals surface area contributed by atoms with E-state index in [2.05, 4.69) is 44.2 Å². The molecular formula is C24H38O. The molecule has 0 aromatic heterocycles. The quantitative estimate of drug-likeness (QED) is 0.352. The molecule has 0 fully saturated rings. The molecule has 1 aromatic carbocycles. The summed E-state index contributed by atoms with van der Waals surface area (Å²) in [6.07, 6.45) is 18.4. The minimum Gasteiger partial charge on any atom is -0.494 e. The molecule has 0 heterocycles. The molecule has 0 bridgehead atoms. The van der Waals surface area contributed by atoms with Crippen molar-refractivity contribution in [2.45, 2.75) is 90.9 Å². The number of hydrogen-bond donors (Lipinski definition) is 0. The Labute approximate surface area is 155 Å². The van der Waals surface area contributed by atoms with Crippen LogP contribution in [0.4, 0.5) is 0 Å². The number of unbranched alkanes of at least 4 members (excludes halogenated alkanes) is 6. The lowest BCUT2D eigenvalue weighted by molar-refractivity contribution is 0.305. The summed E-state index contributed by atoms with van der Waals surface area (Å²) in [5.41, 5.74) is 2.93. The summed E-state index contributed by atoms with van der Waals surface area (Å²) in [7, 11) is 0.